The van der Waals surface area contributed by atoms with Crippen molar-refractivity contribution < 1.29 is 4.79 Å². The minimum Gasteiger partial charge on any atom is -0.378 e. The first-order chi connectivity index (χ1) is 9.77. The molecule has 0 aliphatic heterocycles. The third-order valence-electron chi connectivity index (χ3n) is 3.12. The van der Waals surface area contributed by atoms with Crippen molar-refractivity contribution in [2.75, 3.05) is 24.3 Å². The van der Waals surface area contributed by atoms with E-state index in [9.17, 15) is 4.79 Å². The Kier molecular flexibility index (Phi) is 4.32. The first-order valence-corrected chi connectivity index (χ1v) is 7.70. The first kappa shape index (κ1) is 15.5. The fourth-order valence-corrected chi connectivity index (χ4v) is 2.70. The molecule has 2 rings (SSSR count). The van der Waals surface area contributed by atoms with Crippen molar-refractivity contribution in [3.8, 4) is 0 Å². The van der Waals surface area contributed by atoms with E-state index in [-0.39, 0.29) is 11.3 Å². The summed E-state index contributed by atoms with van der Waals surface area (Å²) in [5, 5.41) is 5.50. The summed E-state index contributed by atoms with van der Waals surface area (Å²) in [7, 11) is 3.90. The lowest BCUT2D eigenvalue weighted by molar-refractivity contribution is 0.102. The van der Waals surface area contributed by atoms with Crippen molar-refractivity contribution >= 4 is 28.1 Å². The molecule has 0 atom stereocenters. The average Bonchev–Trinajstić information content (AvgIpc) is 2.87. The molecule has 0 saturated heterocycles. The highest BCUT2D eigenvalue weighted by molar-refractivity contribution is 7.14. The Morgan fingerprint density at radius 2 is 2.00 bits per heavy atom. The van der Waals surface area contributed by atoms with Gasteiger partial charge in [-0.25, -0.2) is 4.98 Å². The molecule has 0 spiro atoms. The minimum atomic E-state index is -0.131. The third-order valence-corrected chi connectivity index (χ3v) is 3.88. The predicted molar refractivity (Wildman–Crippen MR) is 89.5 cm³/mol. The van der Waals surface area contributed by atoms with Crippen molar-refractivity contribution in [1.82, 2.24) is 4.98 Å². The van der Waals surface area contributed by atoms with Gasteiger partial charge >= 0.3 is 0 Å². The van der Waals surface area contributed by atoms with Crippen molar-refractivity contribution in [3.05, 3.63) is 40.9 Å². The average molecular weight is 303 g/mol. The molecular formula is C16H21N3OS. The van der Waals surface area contributed by atoms with E-state index in [1.54, 1.807) is 6.07 Å². The van der Waals surface area contributed by atoms with E-state index in [4.69, 9.17) is 0 Å². The molecule has 0 bridgehead atoms. The van der Waals surface area contributed by atoms with Gasteiger partial charge in [0.25, 0.3) is 5.91 Å². The van der Waals surface area contributed by atoms with Gasteiger partial charge in [-0.1, -0.05) is 26.8 Å². The Hall–Kier alpha value is -1.88. The van der Waals surface area contributed by atoms with E-state index >= 15 is 0 Å². The Labute approximate surface area is 129 Å². The number of hydrogen-bond acceptors (Lipinski definition) is 4. The van der Waals surface area contributed by atoms with E-state index in [0.29, 0.717) is 10.7 Å². The summed E-state index contributed by atoms with van der Waals surface area (Å²) in [5.41, 5.74) is 2.61. The SMILES string of the molecule is CN(C)c1cccc(C(=O)Nc2nc(C(C)(C)C)cs2)c1. The highest BCUT2D eigenvalue weighted by Crippen LogP contribution is 2.26. The highest BCUT2D eigenvalue weighted by atomic mass is 32.1. The molecule has 1 aromatic heterocycles. The van der Waals surface area contributed by atoms with Gasteiger partial charge in [0.05, 0.1) is 5.69 Å². The van der Waals surface area contributed by atoms with Crippen molar-refractivity contribution in [2.45, 2.75) is 26.2 Å². The lowest BCUT2D eigenvalue weighted by Gasteiger charge is -2.14. The summed E-state index contributed by atoms with van der Waals surface area (Å²) in [4.78, 5) is 18.7. The van der Waals surface area contributed by atoms with Crippen LogP contribution in [0.3, 0.4) is 0 Å². The van der Waals surface area contributed by atoms with Gasteiger partial charge < -0.3 is 4.90 Å². The van der Waals surface area contributed by atoms with Crippen molar-refractivity contribution in [3.63, 3.8) is 0 Å². The van der Waals surface area contributed by atoms with Crippen LogP contribution in [0, 0.1) is 0 Å². The number of rotatable bonds is 3. The second kappa shape index (κ2) is 5.85. The standard InChI is InChI=1S/C16H21N3OS/c1-16(2,3)13-10-21-15(17-13)18-14(20)11-7-6-8-12(9-11)19(4)5/h6-10H,1-5H3,(H,17,18,20). The maximum absolute atomic E-state index is 12.3. The molecule has 0 aliphatic rings. The number of thiazole rings is 1. The molecule has 1 aromatic carbocycles. The molecule has 4 nitrogen and oxygen atoms in total. The van der Waals surface area contributed by atoms with Crippen LogP contribution in [0.1, 0.15) is 36.8 Å². The summed E-state index contributed by atoms with van der Waals surface area (Å²) in [6, 6.07) is 7.53. The maximum Gasteiger partial charge on any atom is 0.257 e. The molecule has 0 fully saturated rings. The Morgan fingerprint density at radius 3 is 2.57 bits per heavy atom. The number of carbonyl (C=O) groups excluding carboxylic acids is 1. The fraction of sp³-hybridized carbons (Fsp3) is 0.375. The lowest BCUT2D eigenvalue weighted by atomic mass is 9.93. The van der Waals surface area contributed by atoms with Crippen LogP contribution in [-0.4, -0.2) is 25.0 Å². The smallest absolute Gasteiger partial charge is 0.257 e. The molecule has 0 aliphatic carbocycles. The van der Waals surface area contributed by atoms with Crippen LogP contribution in [0.5, 0.6) is 0 Å². The highest BCUT2D eigenvalue weighted by Gasteiger charge is 2.18. The largest absolute Gasteiger partial charge is 0.378 e. The van der Waals surface area contributed by atoms with Gasteiger partial charge in [-0.05, 0) is 18.2 Å². The minimum absolute atomic E-state index is 0.00961. The van der Waals surface area contributed by atoms with E-state index in [0.717, 1.165) is 11.4 Å². The summed E-state index contributed by atoms with van der Waals surface area (Å²) in [6.07, 6.45) is 0. The second-order valence-electron chi connectivity index (χ2n) is 6.19. The molecule has 5 heteroatoms. The zero-order chi connectivity index (χ0) is 15.6. The van der Waals surface area contributed by atoms with Gasteiger partial charge in [-0.2, -0.15) is 0 Å². The Bertz CT molecular complexity index is 641. The molecule has 21 heavy (non-hydrogen) atoms. The molecular weight excluding hydrogens is 282 g/mol. The number of amides is 1. The van der Waals surface area contributed by atoms with Crippen LogP contribution in [-0.2, 0) is 5.41 Å². The van der Waals surface area contributed by atoms with Crippen molar-refractivity contribution in [1.29, 1.82) is 0 Å². The van der Waals surface area contributed by atoms with Crippen LogP contribution < -0.4 is 10.2 Å². The van der Waals surface area contributed by atoms with Gasteiger partial charge in [0, 0.05) is 36.1 Å². The maximum atomic E-state index is 12.3. The number of nitrogens with one attached hydrogen (secondary N) is 1. The Morgan fingerprint density at radius 1 is 1.29 bits per heavy atom. The fourth-order valence-electron chi connectivity index (χ4n) is 1.77. The second-order valence-corrected chi connectivity index (χ2v) is 7.04. The number of carbonyl (C=O) groups is 1. The molecule has 0 radical (unpaired) electrons. The zero-order valence-corrected chi connectivity index (χ0v) is 13.9. The van der Waals surface area contributed by atoms with Gasteiger partial charge in [0.2, 0.25) is 0 Å². The number of aromatic nitrogens is 1. The summed E-state index contributed by atoms with van der Waals surface area (Å²) >= 11 is 1.46. The van der Waals surface area contributed by atoms with Crippen LogP contribution in [0.4, 0.5) is 10.8 Å². The normalized spacial score (nSPS) is 11.3. The molecule has 1 N–H and O–H groups in total. The molecule has 2 aromatic rings. The van der Waals surface area contributed by atoms with E-state index in [2.05, 4.69) is 31.1 Å². The summed E-state index contributed by atoms with van der Waals surface area (Å²) in [5.74, 6) is -0.131. The van der Waals surface area contributed by atoms with E-state index in [1.165, 1.54) is 11.3 Å². The van der Waals surface area contributed by atoms with Crippen LogP contribution in [0.15, 0.2) is 29.6 Å². The third kappa shape index (κ3) is 3.82. The van der Waals surface area contributed by atoms with Crippen molar-refractivity contribution in [2.24, 2.45) is 0 Å². The van der Waals surface area contributed by atoms with E-state index in [1.807, 2.05) is 42.6 Å². The molecule has 0 saturated carbocycles. The van der Waals surface area contributed by atoms with E-state index < -0.39 is 0 Å². The van der Waals surface area contributed by atoms with Crippen LogP contribution in [0.25, 0.3) is 0 Å². The van der Waals surface area contributed by atoms with Gasteiger partial charge in [0.1, 0.15) is 0 Å². The lowest BCUT2D eigenvalue weighted by Crippen LogP contribution is -2.15. The number of benzene rings is 1. The number of nitrogens with zero attached hydrogens (tertiary/aromatic N) is 2. The molecule has 1 amide bonds. The molecule has 112 valence electrons. The quantitative estimate of drug-likeness (QED) is 0.939. The number of anilines is 2. The van der Waals surface area contributed by atoms with Gasteiger partial charge in [-0.3, -0.25) is 10.1 Å². The number of hydrogen-bond donors (Lipinski definition) is 1. The topological polar surface area (TPSA) is 45.2 Å². The monoisotopic (exact) mass is 303 g/mol. The zero-order valence-electron chi connectivity index (χ0n) is 13.1. The molecule has 0 unspecified atom stereocenters. The van der Waals surface area contributed by atoms with Crippen LogP contribution in [0.2, 0.25) is 0 Å². The predicted octanol–water partition coefficient (Wildman–Crippen LogP) is 3.76. The van der Waals surface area contributed by atoms with Gasteiger partial charge in [-0.15, -0.1) is 11.3 Å². The Balaban J connectivity index is 2.15. The summed E-state index contributed by atoms with van der Waals surface area (Å²) in [6.45, 7) is 6.32. The molecule has 1 heterocycles. The van der Waals surface area contributed by atoms with Crippen LogP contribution >= 0.6 is 11.3 Å². The van der Waals surface area contributed by atoms with Gasteiger partial charge in [0.15, 0.2) is 5.13 Å². The summed E-state index contributed by atoms with van der Waals surface area (Å²) < 4.78 is 0. The first-order valence-electron chi connectivity index (χ1n) is 6.82.